The Kier molecular flexibility index (Phi) is 6.58. The maximum absolute atomic E-state index is 12.7. The van der Waals surface area contributed by atoms with Crippen LogP contribution in [0.3, 0.4) is 0 Å². The summed E-state index contributed by atoms with van der Waals surface area (Å²) in [5.41, 5.74) is 0.502. The van der Waals surface area contributed by atoms with E-state index in [-0.39, 0.29) is 24.5 Å². The molecule has 1 saturated heterocycles. The Hall–Kier alpha value is -1.89. The van der Waals surface area contributed by atoms with Crippen molar-refractivity contribution in [1.82, 2.24) is 20.0 Å². The molecule has 2 amide bonds. The summed E-state index contributed by atoms with van der Waals surface area (Å²) in [6.07, 6.45) is 5.70. The first kappa shape index (κ1) is 17.5. The Labute approximate surface area is 137 Å². The van der Waals surface area contributed by atoms with Crippen LogP contribution in [0.1, 0.15) is 43.1 Å². The van der Waals surface area contributed by atoms with Crippen LogP contribution in [-0.4, -0.2) is 59.3 Å². The smallest absolute Gasteiger partial charge is 0.274 e. The fourth-order valence-electron chi connectivity index (χ4n) is 2.93. The molecule has 2 rings (SSSR count). The van der Waals surface area contributed by atoms with Crippen molar-refractivity contribution in [2.75, 3.05) is 26.8 Å². The number of hydrogen-bond donors (Lipinski definition) is 1. The molecule has 1 fully saturated rings. The van der Waals surface area contributed by atoms with Crippen molar-refractivity contribution in [2.45, 2.75) is 45.2 Å². The minimum absolute atomic E-state index is 0.00915. The van der Waals surface area contributed by atoms with Crippen LogP contribution in [0.25, 0.3) is 0 Å². The highest BCUT2D eigenvalue weighted by molar-refractivity contribution is 5.92. The number of methoxy groups -OCH3 is 1. The molecule has 1 aliphatic heterocycles. The number of nitrogens with one attached hydrogen (secondary N) is 1. The second-order valence-corrected chi connectivity index (χ2v) is 5.78. The maximum atomic E-state index is 12.7. The van der Waals surface area contributed by atoms with Gasteiger partial charge in [0.2, 0.25) is 5.91 Å². The maximum Gasteiger partial charge on any atom is 0.274 e. The number of piperidine rings is 1. The third kappa shape index (κ3) is 4.79. The van der Waals surface area contributed by atoms with Crippen LogP contribution in [0.15, 0.2) is 12.3 Å². The molecule has 1 aromatic heterocycles. The van der Waals surface area contributed by atoms with Gasteiger partial charge in [-0.3, -0.25) is 14.3 Å². The van der Waals surface area contributed by atoms with Crippen molar-refractivity contribution in [3.05, 3.63) is 18.0 Å². The van der Waals surface area contributed by atoms with E-state index in [1.165, 1.54) is 7.11 Å². The zero-order valence-electron chi connectivity index (χ0n) is 14.0. The third-order valence-electron chi connectivity index (χ3n) is 4.15. The minimum atomic E-state index is -0.122. The molecular formula is C16H26N4O3. The van der Waals surface area contributed by atoms with Gasteiger partial charge in [-0.25, -0.2) is 0 Å². The van der Waals surface area contributed by atoms with Crippen molar-refractivity contribution >= 4 is 11.8 Å². The lowest BCUT2D eigenvalue weighted by molar-refractivity contribution is -0.124. The summed E-state index contributed by atoms with van der Waals surface area (Å²) in [7, 11) is 1.50. The lowest BCUT2D eigenvalue weighted by atomic mass is 9.99. The Balaban J connectivity index is 1.92. The second-order valence-electron chi connectivity index (χ2n) is 5.78. The molecule has 1 aromatic rings. The summed E-state index contributed by atoms with van der Waals surface area (Å²) >= 11 is 0. The number of aromatic nitrogens is 2. The number of carbonyl (C=O) groups is 2. The molecule has 0 aliphatic carbocycles. The Bertz CT molecular complexity index is 529. The van der Waals surface area contributed by atoms with Gasteiger partial charge in [-0.15, -0.1) is 0 Å². The molecule has 0 radical (unpaired) electrons. The van der Waals surface area contributed by atoms with Gasteiger partial charge in [-0.1, -0.05) is 0 Å². The fourth-order valence-corrected chi connectivity index (χ4v) is 2.93. The SMILES string of the molecule is CCn1ccc(C(=O)N2CCCC[C@H]2CCNC(=O)COC)n1. The molecule has 128 valence electrons. The highest BCUT2D eigenvalue weighted by Gasteiger charge is 2.28. The molecule has 1 atom stereocenters. The number of nitrogens with zero attached hydrogens (tertiary/aromatic N) is 3. The van der Waals surface area contributed by atoms with Crippen molar-refractivity contribution in [3.8, 4) is 0 Å². The molecule has 0 aromatic carbocycles. The molecule has 1 N–H and O–H groups in total. The van der Waals surface area contributed by atoms with E-state index in [0.29, 0.717) is 12.2 Å². The zero-order chi connectivity index (χ0) is 16.7. The van der Waals surface area contributed by atoms with Gasteiger partial charge in [0.15, 0.2) is 0 Å². The first-order chi connectivity index (χ1) is 11.2. The van der Waals surface area contributed by atoms with Gasteiger partial charge in [0, 0.05) is 39.0 Å². The van der Waals surface area contributed by atoms with Gasteiger partial charge in [0.1, 0.15) is 12.3 Å². The Morgan fingerprint density at radius 3 is 2.96 bits per heavy atom. The molecule has 2 heterocycles. The normalized spacial score (nSPS) is 18.0. The summed E-state index contributed by atoms with van der Waals surface area (Å²) in [6, 6.07) is 1.93. The van der Waals surface area contributed by atoms with Crippen LogP contribution in [0.2, 0.25) is 0 Å². The molecule has 0 bridgehead atoms. The molecule has 0 spiro atoms. The van der Waals surface area contributed by atoms with Gasteiger partial charge < -0.3 is 15.0 Å². The van der Waals surface area contributed by atoms with Crippen molar-refractivity contribution in [1.29, 1.82) is 0 Å². The number of amides is 2. The van der Waals surface area contributed by atoms with Gasteiger partial charge >= 0.3 is 0 Å². The number of aryl methyl sites for hydroxylation is 1. The topological polar surface area (TPSA) is 76.5 Å². The van der Waals surface area contributed by atoms with Crippen molar-refractivity contribution < 1.29 is 14.3 Å². The second kappa shape index (κ2) is 8.67. The number of likely N-dealkylation sites (tertiary alicyclic amines) is 1. The van der Waals surface area contributed by atoms with E-state index >= 15 is 0 Å². The lowest BCUT2D eigenvalue weighted by Gasteiger charge is -2.35. The van der Waals surface area contributed by atoms with Gasteiger partial charge in [0.05, 0.1) is 0 Å². The van der Waals surface area contributed by atoms with E-state index in [9.17, 15) is 9.59 Å². The van der Waals surface area contributed by atoms with Crippen LogP contribution < -0.4 is 5.32 Å². The largest absolute Gasteiger partial charge is 0.375 e. The number of ether oxygens (including phenoxy) is 1. The zero-order valence-corrected chi connectivity index (χ0v) is 14.0. The van der Waals surface area contributed by atoms with E-state index in [2.05, 4.69) is 10.4 Å². The molecule has 0 unspecified atom stereocenters. The van der Waals surface area contributed by atoms with E-state index in [1.807, 2.05) is 18.0 Å². The van der Waals surface area contributed by atoms with E-state index < -0.39 is 0 Å². The number of rotatable bonds is 7. The first-order valence-electron chi connectivity index (χ1n) is 8.25. The standard InChI is InChI=1S/C16H26N4O3/c1-3-19-11-8-14(18-19)16(22)20-10-5-4-6-13(20)7-9-17-15(21)12-23-2/h8,11,13H,3-7,9-10,12H2,1-2H3,(H,17,21)/t13-/m0/s1. The van der Waals surface area contributed by atoms with Crippen LogP contribution in [-0.2, 0) is 16.1 Å². The van der Waals surface area contributed by atoms with Crippen molar-refractivity contribution in [2.24, 2.45) is 0 Å². The summed E-state index contributed by atoms with van der Waals surface area (Å²) in [5, 5.41) is 7.13. The van der Waals surface area contributed by atoms with E-state index in [4.69, 9.17) is 4.74 Å². The summed E-state index contributed by atoms with van der Waals surface area (Å²) in [6.45, 7) is 4.13. The summed E-state index contributed by atoms with van der Waals surface area (Å²) in [5.74, 6) is -0.131. The van der Waals surface area contributed by atoms with Crippen LogP contribution >= 0.6 is 0 Å². The lowest BCUT2D eigenvalue weighted by Crippen LogP contribution is -2.45. The summed E-state index contributed by atoms with van der Waals surface area (Å²) < 4.78 is 6.55. The fraction of sp³-hybridized carbons (Fsp3) is 0.688. The van der Waals surface area contributed by atoms with Crippen LogP contribution in [0.5, 0.6) is 0 Å². The summed E-state index contributed by atoms with van der Waals surface area (Å²) in [4.78, 5) is 26.0. The predicted molar refractivity (Wildman–Crippen MR) is 86.1 cm³/mol. The molecular weight excluding hydrogens is 296 g/mol. The Morgan fingerprint density at radius 1 is 1.43 bits per heavy atom. The Morgan fingerprint density at radius 2 is 2.26 bits per heavy atom. The number of carbonyl (C=O) groups excluding carboxylic acids is 2. The van der Waals surface area contributed by atoms with E-state index in [0.717, 1.165) is 38.8 Å². The van der Waals surface area contributed by atoms with Gasteiger partial charge in [-0.05, 0) is 38.7 Å². The average Bonchev–Trinajstić information content (AvgIpc) is 3.04. The third-order valence-corrected chi connectivity index (χ3v) is 4.15. The highest BCUT2D eigenvalue weighted by atomic mass is 16.5. The predicted octanol–water partition coefficient (Wildman–Crippen LogP) is 1.05. The molecule has 7 nitrogen and oxygen atoms in total. The first-order valence-corrected chi connectivity index (χ1v) is 8.25. The monoisotopic (exact) mass is 322 g/mol. The van der Waals surface area contributed by atoms with Crippen molar-refractivity contribution in [3.63, 3.8) is 0 Å². The van der Waals surface area contributed by atoms with Gasteiger partial charge in [-0.2, -0.15) is 5.10 Å². The van der Waals surface area contributed by atoms with Crippen LogP contribution in [0, 0.1) is 0 Å². The molecule has 7 heteroatoms. The molecule has 1 aliphatic rings. The van der Waals surface area contributed by atoms with Gasteiger partial charge in [0.25, 0.3) is 5.91 Å². The van der Waals surface area contributed by atoms with Crippen LogP contribution in [0.4, 0.5) is 0 Å². The van der Waals surface area contributed by atoms with E-state index in [1.54, 1.807) is 10.7 Å². The molecule has 0 saturated carbocycles. The highest BCUT2D eigenvalue weighted by Crippen LogP contribution is 2.21. The minimum Gasteiger partial charge on any atom is -0.375 e. The quantitative estimate of drug-likeness (QED) is 0.814. The average molecular weight is 322 g/mol. The number of hydrogen-bond acceptors (Lipinski definition) is 4. The molecule has 23 heavy (non-hydrogen) atoms.